The smallest absolute Gasteiger partial charge is 0.335 e. The zero-order valence-electron chi connectivity index (χ0n) is 19.2. The summed E-state index contributed by atoms with van der Waals surface area (Å²) in [7, 11) is 1.53. The van der Waals surface area contributed by atoms with Crippen LogP contribution in [0.15, 0.2) is 69.0 Å². The molecule has 184 valence electrons. The number of benzene rings is 3. The van der Waals surface area contributed by atoms with Crippen molar-refractivity contribution in [1.82, 2.24) is 5.32 Å². The monoisotopic (exact) mass is 586 g/mol. The van der Waals surface area contributed by atoms with Crippen LogP contribution >= 0.6 is 39.3 Å². The average molecular weight is 588 g/mol. The van der Waals surface area contributed by atoms with E-state index in [9.17, 15) is 9.59 Å². The van der Waals surface area contributed by atoms with E-state index in [0.717, 1.165) is 16.7 Å². The van der Waals surface area contributed by atoms with E-state index in [-0.39, 0.29) is 18.1 Å². The van der Waals surface area contributed by atoms with Crippen LogP contribution in [-0.4, -0.2) is 29.3 Å². The van der Waals surface area contributed by atoms with E-state index < -0.39 is 5.97 Å². The van der Waals surface area contributed by atoms with E-state index in [1.807, 2.05) is 25.1 Å². The van der Waals surface area contributed by atoms with Crippen molar-refractivity contribution >= 4 is 68.1 Å². The van der Waals surface area contributed by atoms with E-state index in [1.165, 1.54) is 31.0 Å². The van der Waals surface area contributed by atoms with E-state index >= 15 is 0 Å². The number of aromatic carboxylic acids is 1. The molecule has 1 fully saturated rings. The Morgan fingerprint density at radius 1 is 1.22 bits per heavy atom. The number of carboxylic acid groups (broad SMARTS) is 1. The van der Waals surface area contributed by atoms with Gasteiger partial charge in [-0.1, -0.05) is 29.8 Å². The molecule has 1 saturated heterocycles. The van der Waals surface area contributed by atoms with Gasteiger partial charge >= 0.3 is 5.97 Å². The third kappa shape index (κ3) is 5.92. The minimum absolute atomic E-state index is 0.208. The van der Waals surface area contributed by atoms with Crippen molar-refractivity contribution in [2.45, 2.75) is 13.5 Å². The van der Waals surface area contributed by atoms with Gasteiger partial charge in [-0.15, -0.1) is 0 Å². The molecule has 0 saturated carbocycles. The van der Waals surface area contributed by atoms with Gasteiger partial charge < -0.3 is 19.9 Å². The third-order valence-electron chi connectivity index (χ3n) is 5.25. The van der Waals surface area contributed by atoms with E-state index in [1.54, 1.807) is 30.3 Å². The Morgan fingerprint density at radius 2 is 1.97 bits per heavy atom. The number of nitrogens with zero attached hydrogens (tertiary/aromatic N) is 1. The minimum Gasteiger partial charge on any atom is -0.493 e. The summed E-state index contributed by atoms with van der Waals surface area (Å²) in [6, 6.07) is 15.5. The summed E-state index contributed by atoms with van der Waals surface area (Å²) in [6.07, 6.45) is 1.75. The van der Waals surface area contributed by atoms with Crippen molar-refractivity contribution in [3.05, 3.63) is 91.3 Å². The van der Waals surface area contributed by atoms with Crippen LogP contribution < -0.4 is 14.8 Å². The molecule has 0 aromatic heterocycles. The molecule has 0 spiro atoms. The fourth-order valence-electron chi connectivity index (χ4n) is 3.32. The number of aliphatic imine (C=N–C) groups is 1. The Balaban J connectivity index is 1.52. The average Bonchev–Trinajstić information content (AvgIpc) is 3.19. The lowest BCUT2D eigenvalue weighted by Crippen LogP contribution is -2.19. The largest absolute Gasteiger partial charge is 0.493 e. The van der Waals surface area contributed by atoms with Gasteiger partial charge in [-0.25, -0.2) is 9.79 Å². The first-order chi connectivity index (χ1) is 17.2. The molecule has 10 heteroatoms. The Labute approximate surface area is 225 Å². The van der Waals surface area contributed by atoms with Gasteiger partial charge in [-0.05, 0) is 93.8 Å². The number of halogens is 2. The molecule has 1 aliphatic heterocycles. The minimum atomic E-state index is -0.983. The van der Waals surface area contributed by atoms with Crippen LogP contribution in [0.2, 0.25) is 5.02 Å². The van der Waals surface area contributed by atoms with Crippen molar-refractivity contribution in [2.75, 3.05) is 7.11 Å². The second-order valence-electron chi connectivity index (χ2n) is 7.69. The van der Waals surface area contributed by atoms with Gasteiger partial charge in [0.05, 0.1) is 27.7 Å². The van der Waals surface area contributed by atoms with Crippen LogP contribution in [-0.2, 0) is 11.4 Å². The lowest BCUT2D eigenvalue weighted by Gasteiger charge is -2.14. The first-order valence-corrected chi connectivity index (χ1v) is 12.6. The Kier molecular flexibility index (Phi) is 8.03. The zero-order valence-corrected chi connectivity index (χ0v) is 22.3. The van der Waals surface area contributed by atoms with E-state index in [0.29, 0.717) is 36.8 Å². The number of carbonyl (C=O) groups is 2. The number of methoxy groups -OCH3 is 1. The van der Waals surface area contributed by atoms with E-state index in [4.69, 9.17) is 26.2 Å². The number of amidine groups is 1. The number of hydrogen-bond donors (Lipinski definition) is 2. The lowest BCUT2D eigenvalue weighted by molar-refractivity contribution is -0.115. The topological polar surface area (TPSA) is 97.2 Å². The van der Waals surface area contributed by atoms with Crippen molar-refractivity contribution in [1.29, 1.82) is 0 Å². The van der Waals surface area contributed by atoms with Crippen LogP contribution in [0, 0.1) is 6.92 Å². The quantitative estimate of drug-likeness (QED) is 0.303. The number of rotatable bonds is 7. The normalized spacial score (nSPS) is 15.3. The molecule has 0 bridgehead atoms. The predicted molar refractivity (Wildman–Crippen MR) is 145 cm³/mol. The van der Waals surface area contributed by atoms with Crippen LogP contribution in [0.25, 0.3) is 6.08 Å². The summed E-state index contributed by atoms with van der Waals surface area (Å²) in [5, 5.41) is 12.9. The number of carbonyl (C=O) groups excluding carboxylic acids is 1. The van der Waals surface area contributed by atoms with Gasteiger partial charge in [-0.2, -0.15) is 0 Å². The van der Waals surface area contributed by atoms with Gasteiger partial charge in [-0.3, -0.25) is 4.79 Å². The number of nitrogens with one attached hydrogen (secondary N) is 1. The molecular formula is C26H20BrClN2O5S. The van der Waals surface area contributed by atoms with Crippen molar-refractivity contribution in [3.63, 3.8) is 0 Å². The second kappa shape index (κ2) is 11.2. The summed E-state index contributed by atoms with van der Waals surface area (Å²) in [4.78, 5) is 28.6. The zero-order chi connectivity index (χ0) is 25.8. The highest BCUT2D eigenvalue weighted by molar-refractivity contribution is 9.10. The van der Waals surface area contributed by atoms with Gasteiger partial charge in [0.2, 0.25) is 0 Å². The summed E-state index contributed by atoms with van der Waals surface area (Å²) in [5.74, 6) is -0.267. The molecule has 1 aliphatic rings. The molecule has 0 radical (unpaired) electrons. The van der Waals surface area contributed by atoms with Gasteiger partial charge in [0.15, 0.2) is 16.7 Å². The third-order valence-corrected chi connectivity index (χ3v) is 7.15. The molecule has 0 aliphatic carbocycles. The van der Waals surface area contributed by atoms with Gasteiger partial charge in [0, 0.05) is 5.02 Å². The maximum atomic E-state index is 12.6. The molecule has 1 heterocycles. The summed E-state index contributed by atoms with van der Waals surface area (Å²) >= 11 is 10.9. The fraction of sp³-hybridized carbons (Fsp3) is 0.115. The summed E-state index contributed by atoms with van der Waals surface area (Å²) in [5.41, 5.74) is 3.27. The Bertz CT molecular complexity index is 1410. The molecule has 3 aromatic carbocycles. The second-order valence-corrected chi connectivity index (χ2v) is 9.98. The number of hydrogen-bond acceptors (Lipinski definition) is 6. The number of amides is 1. The van der Waals surface area contributed by atoms with Crippen LogP contribution in [0.4, 0.5) is 5.69 Å². The number of thioether (sulfide) groups is 1. The molecule has 36 heavy (non-hydrogen) atoms. The number of carboxylic acids is 1. The maximum Gasteiger partial charge on any atom is 0.335 e. The fourth-order valence-corrected chi connectivity index (χ4v) is 4.90. The Hall–Kier alpha value is -3.27. The highest BCUT2D eigenvalue weighted by Gasteiger charge is 2.24. The van der Waals surface area contributed by atoms with Gasteiger partial charge in [0.1, 0.15) is 6.61 Å². The molecule has 7 nitrogen and oxygen atoms in total. The molecule has 0 unspecified atom stereocenters. The first-order valence-electron chi connectivity index (χ1n) is 10.6. The molecule has 0 atom stereocenters. The SMILES string of the molecule is COc1cc(/C=C2/SC(=Nc3cccc(Cl)c3C)NC2=O)cc(Br)c1OCc1ccc(C(=O)O)cc1. The van der Waals surface area contributed by atoms with Crippen LogP contribution in [0.3, 0.4) is 0 Å². The molecular weight excluding hydrogens is 568 g/mol. The van der Waals surface area contributed by atoms with Crippen LogP contribution in [0.1, 0.15) is 27.0 Å². The van der Waals surface area contributed by atoms with Crippen molar-refractivity contribution < 1.29 is 24.2 Å². The Morgan fingerprint density at radius 3 is 2.67 bits per heavy atom. The highest BCUT2D eigenvalue weighted by atomic mass is 79.9. The molecule has 4 rings (SSSR count). The predicted octanol–water partition coefficient (Wildman–Crippen LogP) is 6.59. The van der Waals surface area contributed by atoms with Crippen molar-refractivity contribution in [2.24, 2.45) is 4.99 Å². The molecule has 2 N–H and O–H groups in total. The summed E-state index contributed by atoms with van der Waals surface area (Å²) in [6.45, 7) is 2.09. The highest BCUT2D eigenvalue weighted by Crippen LogP contribution is 2.39. The first kappa shape index (κ1) is 25.8. The molecule has 3 aromatic rings. The lowest BCUT2D eigenvalue weighted by atomic mass is 10.1. The molecule has 1 amide bonds. The van der Waals surface area contributed by atoms with Crippen molar-refractivity contribution in [3.8, 4) is 11.5 Å². The standard InChI is InChI=1S/C26H20BrClN2O5S/c1-14-19(28)4-3-5-20(14)29-26-30-24(31)22(36-26)12-16-10-18(27)23(21(11-16)34-2)35-13-15-6-8-17(9-7-15)25(32)33/h3-12H,13H2,1-2H3,(H,32,33)(H,29,30,31)/b22-12+. The number of ether oxygens (including phenoxy) is 2. The van der Waals surface area contributed by atoms with Gasteiger partial charge in [0.25, 0.3) is 5.91 Å². The summed E-state index contributed by atoms with van der Waals surface area (Å²) < 4.78 is 12.1. The van der Waals surface area contributed by atoms with Crippen LogP contribution in [0.5, 0.6) is 11.5 Å². The van der Waals surface area contributed by atoms with E-state index in [2.05, 4.69) is 26.2 Å². The maximum absolute atomic E-state index is 12.6.